The summed E-state index contributed by atoms with van der Waals surface area (Å²) in [5.41, 5.74) is 3.24. The van der Waals surface area contributed by atoms with Gasteiger partial charge in [0, 0.05) is 37.0 Å². The van der Waals surface area contributed by atoms with Crippen LogP contribution in [0.15, 0.2) is 53.8 Å². The molecule has 1 atom stereocenters. The van der Waals surface area contributed by atoms with Crippen molar-refractivity contribution in [1.29, 1.82) is 0 Å². The molecule has 4 rings (SSSR count). The van der Waals surface area contributed by atoms with E-state index in [4.69, 9.17) is 9.47 Å². The molecular formula is C24H28FN5O3S. The van der Waals surface area contributed by atoms with Crippen molar-refractivity contribution in [3.05, 3.63) is 60.3 Å². The van der Waals surface area contributed by atoms with Crippen molar-refractivity contribution in [2.45, 2.75) is 11.4 Å². The van der Waals surface area contributed by atoms with Gasteiger partial charge in [-0.05, 0) is 37.9 Å². The van der Waals surface area contributed by atoms with Crippen LogP contribution in [0.5, 0.6) is 5.88 Å². The van der Waals surface area contributed by atoms with E-state index in [2.05, 4.69) is 19.6 Å². The first kappa shape index (κ1) is 24.1. The van der Waals surface area contributed by atoms with E-state index in [1.807, 2.05) is 25.1 Å². The summed E-state index contributed by atoms with van der Waals surface area (Å²) in [5, 5.41) is 0. The van der Waals surface area contributed by atoms with Gasteiger partial charge in [0.25, 0.3) is 0 Å². The topological polar surface area (TPSA) is 79.8 Å². The van der Waals surface area contributed by atoms with Gasteiger partial charge in [0.2, 0.25) is 5.88 Å². The summed E-state index contributed by atoms with van der Waals surface area (Å²) in [7, 11) is 3.69. The minimum absolute atomic E-state index is 0.273. The van der Waals surface area contributed by atoms with Gasteiger partial charge in [0.05, 0.1) is 44.1 Å². The Kier molecular flexibility index (Phi) is 7.71. The third-order valence-corrected chi connectivity index (χ3v) is 6.48. The molecule has 1 aliphatic heterocycles. The molecule has 0 amide bonds. The first-order valence-electron chi connectivity index (χ1n) is 10.9. The Morgan fingerprint density at radius 2 is 1.97 bits per heavy atom. The fourth-order valence-electron chi connectivity index (χ4n) is 3.76. The lowest BCUT2D eigenvalue weighted by Crippen LogP contribution is -2.36. The molecule has 1 aliphatic rings. The average Bonchev–Trinajstić information content (AvgIpc) is 2.84. The molecule has 34 heavy (non-hydrogen) atoms. The van der Waals surface area contributed by atoms with E-state index in [0.717, 1.165) is 24.3 Å². The molecule has 0 radical (unpaired) electrons. The van der Waals surface area contributed by atoms with Crippen molar-refractivity contribution in [2.24, 2.45) is 0 Å². The molecule has 0 bridgehead atoms. The summed E-state index contributed by atoms with van der Waals surface area (Å²) in [6, 6.07) is 8.69. The van der Waals surface area contributed by atoms with Crippen LogP contribution in [0.1, 0.15) is 5.56 Å². The number of nitrogens with zero attached hydrogens (tertiary/aromatic N) is 4. The number of hydrogen-bond donors (Lipinski definition) is 1. The van der Waals surface area contributed by atoms with Crippen LogP contribution >= 0.6 is 0 Å². The first-order valence-corrected chi connectivity index (χ1v) is 12.0. The zero-order chi connectivity index (χ0) is 24.1. The molecule has 3 aromatic rings. The largest absolute Gasteiger partial charge is 0.480 e. The maximum Gasteiger partial charge on any atom is 0.231 e. The second-order valence-electron chi connectivity index (χ2n) is 8.19. The number of benzene rings is 1. The number of pyridine rings is 2. The fourth-order valence-corrected chi connectivity index (χ4v) is 4.72. The summed E-state index contributed by atoms with van der Waals surface area (Å²) < 4.78 is 41.7. The SMILES string of the molecule is COc1ncc(N2CCOCC2)cc1S(=O)Nc1cncc(-c2ccc(CN(C)C)cc2F)c1. The van der Waals surface area contributed by atoms with Crippen molar-refractivity contribution < 1.29 is 18.1 Å². The van der Waals surface area contributed by atoms with E-state index in [-0.39, 0.29) is 11.7 Å². The van der Waals surface area contributed by atoms with Crippen molar-refractivity contribution in [1.82, 2.24) is 14.9 Å². The summed E-state index contributed by atoms with van der Waals surface area (Å²) >= 11 is 0. The van der Waals surface area contributed by atoms with Crippen LogP contribution in [0.2, 0.25) is 0 Å². The number of halogens is 1. The standard InChI is InChI=1S/C24H28FN5O3S/c1-29(2)16-17-4-5-21(22(25)10-17)18-11-19(14-26-13-18)28-34(31)23-12-20(15-27-24(23)32-3)30-6-8-33-9-7-30/h4-5,10-15,28H,6-9,16H2,1-3H3. The molecule has 8 nitrogen and oxygen atoms in total. The molecule has 0 saturated carbocycles. The van der Waals surface area contributed by atoms with E-state index in [1.54, 1.807) is 36.8 Å². The predicted octanol–water partition coefficient (Wildman–Crippen LogP) is 3.32. The smallest absolute Gasteiger partial charge is 0.231 e. The van der Waals surface area contributed by atoms with Gasteiger partial charge in [-0.25, -0.2) is 13.6 Å². The Balaban J connectivity index is 1.56. The molecule has 3 heterocycles. The highest BCUT2D eigenvalue weighted by Gasteiger charge is 2.18. The molecular weight excluding hydrogens is 457 g/mol. The number of aromatic nitrogens is 2. The summed E-state index contributed by atoms with van der Waals surface area (Å²) in [6.07, 6.45) is 4.83. The van der Waals surface area contributed by atoms with Crippen LogP contribution in [0.3, 0.4) is 0 Å². The molecule has 0 spiro atoms. The Labute approximate surface area is 201 Å². The monoisotopic (exact) mass is 485 g/mol. The highest BCUT2D eigenvalue weighted by Crippen LogP contribution is 2.29. The van der Waals surface area contributed by atoms with E-state index in [1.165, 1.54) is 13.2 Å². The summed E-state index contributed by atoms with van der Waals surface area (Å²) in [6.45, 7) is 3.38. The van der Waals surface area contributed by atoms with Gasteiger partial charge in [-0.1, -0.05) is 12.1 Å². The van der Waals surface area contributed by atoms with Gasteiger partial charge < -0.3 is 19.3 Å². The molecule has 0 aliphatic carbocycles. The second-order valence-corrected chi connectivity index (χ2v) is 9.37. The molecule has 1 saturated heterocycles. The lowest BCUT2D eigenvalue weighted by molar-refractivity contribution is 0.122. The zero-order valence-corrected chi connectivity index (χ0v) is 20.3. The van der Waals surface area contributed by atoms with Gasteiger partial charge in [-0.15, -0.1) is 0 Å². The van der Waals surface area contributed by atoms with E-state index >= 15 is 0 Å². The molecule has 2 aromatic heterocycles. The van der Waals surface area contributed by atoms with E-state index < -0.39 is 11.0 Å². The highest BCUT2D eigenvalue weighted by molar-refractivity contribution is 7.86. The van der Waals surface area contributed by atoms with Crippen LogP contribution < -0.4 is 14.4 Å². The normalized spacial score (nSPS) is 14.8. The molecule has 10 heteroatoms. The predicted molar refractivity (Wildman–Crippen MR) is 131 cm³/mol. The molecule has 1 aromatic carbocycles. The summed E-state index contributed by atoms with van der Waals surface area (Å²) in [5.74, 6) is -0.0574. The number of anilines is 2. The maximum absolute atomic E-state index is 14.8. The van der Waals surface area contributed by atoms with Gasteiger partial charge in [0.1, 0.15) is 10.7 Å². The van der Waals surface area contributed by atoms with Gasteiger partial charge in [-0.3, -0.25) is 9.71 Å². The lowest BCUT2D eigenvalue weighted by Gasteiger charge is -2.28. The fraction of sp³-hybridized carbons (Fsp3) is 0.333. The Morgan fingerprint density at radius 3 is 2.68 bits per heavy atom. The number of methoxy groups -OCH3 is 1. The first-order chi connectivity index (χ1) is 16.4. The van der Waals surface area contributed by atoms with Crippen molar-refractivity contribution in [3.63, 3.8) is 0 Å². The van der Waals surface area contributed by atoms with E-state index in [9.17, 15) is 8.60 Å². The van der Waals surface area contributed by atoms with Crippen LogP contribution in [0.25, 0.3) is 11.1 Å². The van der Waals surface area contributed by atoms with Crippen molar-refractivity contribution in [2.75, 3.05) is 57.1 Å². The van der Waals surface area contributed by atoms with Crippen LogP contribution in [0.4, 0.5) is 15.8 Å². The molecule has 1 N–H and O–H groups in total. The van der Waals surface area contributed by atoms with Crippen LogP contribution in [-0.2, 0) is 22.3 Å². The van der Waals surface area contributed by atoms with Crippen molar-refractivity contribution in [3.8, 4) is 17.0 Å². The number of nitrogens with one attached hydrogen (secondary N) is 1. The zero-order valence-electron chi connectivity index (χ0n) is 19.5. The third kappa shape index (κ3) is 5.69. The van der Waals surface area contributed by atoms with E-state index in [0.29, 0.717) is 41.5 Å². The Morgan fingerprint density at radius 1 is 1.18 bits per heavy atom. The molecule has 1 fully saturated rings. The highest BCUT2D eigenvalue weighted by atomic mass is 32.2. The van der Waals surface area contributed by atoms with Crippen LogP contribution in [-0.4, -0.2) is 66.6 Å². The van der Waals surface area contributed by atoms with Crippen molar-refractivity contribution >= 4 is 22.4 Å². The molecule has 180 valence electrons. The summed E-state index contributed by atoms with van der Waals surface area (Å²) in [4.78, 5) is 13.1. The maximum atomic E-state index is 14.8. The second kappa shape index (κ2) is 10.9. The number of morpholine rings is 1. The average molecular weight is 486 g/mol. The quantitative estimate of drug-likeness (QED) is 0.524. The minimum atomic E-state index is -1.68. The van der Waals surface area contributed by atoms with Gasteiger partial charge >= 0.3 is 0 Å². The molecule has 1 unspecified atom stereocenters. The third-order valence-electron chi connectivity index (χ3n) is 5.37. The van der Waals surface area contributed by atoms with Crippen LogP contribution in [0, 0.1) is 5.82 Å². The Hall–Kier alpha value is -3.08. The van der Waals surface area contributed by atoms with Gasteiger partial charge in [0.15, 0.2) is 11.0 Å². The number of hydrogen-bond acceptors (Lipinski definition) is 7. The Bertz CT molecular complexity index is 1170. The van der Waals surface area contributed by atoms with Gasteiger partial charge in [-0.2, -0.15) is 0 Å². The number of rotatable bonds is 8. The number of ether oxygens (including phenoxy) is 2. The minimum Gasteiger partial charge on any atom is -0.480 e. The lowest BCUT2D eigenvalue weighted by atomic mass is 10.0.